The molecular formula is C34H49NO5. The van der Waals surface area contributed by atoms with Crippen molar-refractivity contribution < 1.29 is 23.9 Å². The lowest BCUT2D eigenvalue weighted by molar-refractivity contribution is -0.176. The maximum atomic E-state index is 14.5. The Hall–Kier alpha value is -2.00. The fourth-order valence-electron chi connectivity index (χ4n) is 11.2. The van der Waals surface area contributed by atoms with E-state index in [9.17, 15) is 14.4 Å². The molecule has 0 aromatic heterocycles. The number of nitrogens with zero attached hydrogens (tertiary/aromatic N) is 1. The van der Waals surface area contributed by atoms with Gasteiger partial charge in [-0.2, -0.15) is 0 Å². The molecule has 0 aliphatic heterocycles. The average molecular weight is 552 g/mol. The van der Waals surface area contributed by atoms with Gasteiger partial charge in [-0.25, -0.2) is 6.57 Å². The SMILES string of the molecule is [C-]#[N+]C1C[C@]2(C)C3=CC(=O)[C@@H]4[C@@H]5CC(C)(C)C[C@@H](C(=O)OC)C5CC[C@@]4(C)[C@]3(C)CC[C@H]2[C@](C)(CCOC)C1=O. The van der Waals surface area contributed by atoms with Crippen LogP contribution in [0, 0.1) is 63.2 Å². The lowest BCUT2D eigenvalue weighted by Crippen LogP contribution is -2.65. The van der Waals surface area contributed by atoms with E-state index >= 15 is 0 Å². The summed E-state index contributed by atoms with van der Waals surface area (Å²) >= 11 is 0. The molecule has 0 saturated heterocycles. The van der Waals surface area contributed by atoms with Crippen LogP contribution in [-0.2, 0) is 23.9 Å². The highest BCUT2D eigenvalue weighted by atomic mass is 16.5. The predicted octanol–water partition coefficient (Wildman–Crippen LogP) is 6.48. The van der Waals surface area contributed by atoms with Crippen LogP contribution in [0.2, 0.25) is 0 Å². The van der Waals surface area contributed by atoms with Gasteiger partial charge in [0.2, 0.25) is 5.78 Å². The number of carbonyl (C=O) groups is 3. The second kappa shape index (κ2) is 9.51. The summed E-state index contributed by atoms with van der Waals surface area (Å²) in [6.45, 7) is 21.9. The van der Waals surface area contributed by atoms with Crippen molar-refractivity contribution in [2.75, 3.05) is 20.8 Å². The van der Waals surface area contributed by atoms with Crippen molar-refractivity contribution in [3.63, 3.8) is 0 Å². The van der Waals surface area contributed by atoms with Gasteiger partial charge in [0.1, 0.15) is 0 Å². The quantitative estimate of drug-likeness (QED) is 0.295. The van der Waals surface area contributed by atoms with Crippen molar-refractivity contribution in [3.05, 3.63) is 23.1 Å². The van der Waals surface area contributed by atoms with Crippen LogP contribution in [0.25, 0.3) is 4.85 Å². The molecule has 0 aromatic carbocycles. The maximum absolute atomic E-state index is 14.5. The third kappa shape index (κ3) is 3.85. The second-order valence-electron chi connectivity index (χ2n) is 15.6. The van der Waals surface area contributed by atoms with Gasteiger partial charge in [-0.1, -0.05) is 47.1 Å². The number of rotatable bonds is 4. The van der Waals surface area contributed by atoms with E-state index in [2.05, 4.69) is 46.4 Å². The van der Waals surface area contributed by atoms with Gasteiger partial charge < -0.3 is 14.3 Å². The molecule has 5 rings (SSSR count). The summed E-state index contributed by atoms with van der Waals surface area (Å²) in [7, 11) is 3.15. The zero-order valence-corrected chi connectivity index (χ0v) is 25.9. The first-order valence-corrected chi connectivity index (χ1v) is 15.4. The van der Waals surface area contributed by atoms with Gasteiger partial charge in [-0.15, -0.1) is 0 Å². The normalized spacial score (nSPS) is 47.5. The van der Waals surface area contributed by atoms with Crippen LogP contribution in [0.15, 0.2) is 11.6 Å². The smallest absolute Gasteiger partial charge is 0.308 e. The number of fused-ring (bicyclic) bond motifs is 7. The molecule has 0 heterocycles. The molecule has 40 heavy (non-hydrogen) atoms. The summed E-state index contributed by atoms with van der Waals surface area (Å²) in [6.07, 6.45) is 8.48. The minimum atomic E-state index is -0.692. The van der Waals surface area contributed by atoms with Crippen molar-refractivity contribution in [2.45, 2.75) is 99.0 Å². The highest BCUT2D eigenvalue weighted by molar-refractivity contribution is 5.96. The fourth-order valence-corrected chi connectivity index (χ4v) is 11.2. The Kier molecular flexibility index (Phi) is 7.01. The zero-order chi connectivity index (χ0) is 29.5. The van der Waals surface area contributed by atoms with Gasteiger partial charge in [0.15, 0.2) is 5.78 Å². The first kappa shape index (κ1) is 29.5. The lowest BCUT2D eigenvalue weighted by Gasteiger charge is -2.68. The Bertz CT molecular complexity index is 1180. The van der Waals surface area contributed by atoms with E-state index in [1.807, 2.05) is 6.08 Å². The molecule has 0 amide bonds. The van der Waals surface area contributed by atoms with Gasteiger partial charge >= 0.3 is 5.97 Å². The molecule has 5 aliphatic rings. The van der Waals surface area contributed by atoms with Crippen LogP contribution in [0.4, 0.5) is 0 Å². The van der Waals surface area contributed by atoms with Crippen molar-refractivity contribution in [3.8, 4) is 0 Å². The summed E-state index contributed by atoms with van der Waals surface area (Å²) in [5, 5.41) is 0. The standard InChI is InChI=1S/C34H49NO5/c1-30(2)17-21-20(22(18-30)29(38)40-9)10-12-34(6)27(21)24(36)16-26-32(4)19-23(35-7)28(37)31(3,14-15-39-8)25(32)11-13-33(26,34)5/h16,20-23,25,27H,10-15,17-19H2,1-6,8-9H3/t20?,21-,22-,23?,25+,27+,31+,32+,33-,34-/m1/s1. The molecule has 0 bridgehead atoms. The average Bonchev–Trinajstić information content (AvgIpc) is 2.89. The molecular weight excluding hydrogens is 502 g/mol. The van der Waals surface area contributed by atoms with E-state index in [-0.39, 0.29) is 63.4 Å². The summed E-state index contributed by atoms with van der Waals surface area (Å²) in [5.41, 5.74) is -0.361. The topological polar surface area (TPSA) is 74.0 Å². The van der Waals surface area contributed by atoms with Gasteiger partial charge in [0.05, 0.1) is 13.0 Å². The molecule has 4 fully saturated rings. The van der Waals surface area contributed by atoms with Crippen LogP contribution in [0.3, 0.4) is 0 Å². The van der Waals surface area contributed by atoms with Crippen molar-refractivity contribution in [1.82, 2.24) is 0 Å². The van der Waals surface area contributed by atoms with E-state index in [1.54, 1.807) is 7.11 Å². The Morgan fingerprint density at radius 2 is 1.70 bits per heavy atom. The Morgan fingerprint density at radius 1 is 1.00 bits per heavy atom. The van der Waals surface area contributed by atoms with Crippen LogP contribution < -0.4 is 0 Å². The highest BCUT2D eigenvalue weighted by Gasteiger charge is 2.71. The lowest BCUT2D eigenvalue weighted by atomic mass is 9.34. The number of ether oxygens (including phenoxy) is 2. The van der Waals surface area contributed by atoms with Crippen LogP contribution in [-0.4, -0.2) is 44.4 Å². The van der Waals surface area contributed by atoms with Gasteiger partial charge in [-0.3, -0.25) is 14.4 Å². The molecule has 6 nitrogen and oxygen atoms in total. The Labute approximate surface area is 240 Å². The highest BCUT2D eigenvalue weighted by Crippen LogP contribution is 2.74. The number of hydrogen-bond acceptors (Lipinski definition) is 5. The number of Topliss-reactive ketones (excluding diaryl/α,β-unsaturated/α-hetero) is 1. The van der Waals surface area contributed by atoms with E-state index in [0.717, 1.165) is 38.5 Å². The van der Waals surface area contributed by atoms with Gasteiger partial charge in [-0.05, 0) is 85.0 Å². The summed E-state index contributed by atoms with van der Waals surface area (Å²) in [4.78, 5) is 45.0. The molecule has 10 atom stereocenters. The zero-order valence-electron chi connectivity index (χ0n) is 25.9. The van der Waals surface area contributed by atoms with Gasteiger partial charge in [0, 0.05) is 36.9 Å². The fraction of sp³-hybridized carbons (Fsp3) is 0.824. The number of esters is 1. The predicted molar refractivity (Wildman–Crippen MR) is 153 cm³/mol. The van der Waals surface area contributed by atoms with E-state index in [0.29, 0.717) is 19.4 Å². The summed E-state index contributed by atoms with van der Waals surface area (Å²) < 4.78 is 10.7. The first-order valence-electron chi connectivity index (χ1n) is 15.4. The van der Waals surface area contributed by atoms with Crippen LogP contribution in [0.5, 0.6) is 0 Å². The van der Waals surface area contributed by atoms with Crippen LogP contribution in [0.1, 0.15) is 92.9 Å². The largest absolute Gasteiger partial charge is 0.469 e. The van der Waals surface area contributed by atoms with Crippen molar-refractivity contribution in [1.29, 1.82) is 0 Å². The molecule has 5 aliphatic carbocycles. The Balaban J connectivity index is 1.62. The van der Waals surface area contributed by atoms with E-state index in [1.165, 1.54) is 12.7 Å². The maximum Gasteiger partial charge on any atom is 0.308 e. The van der Waals surface area contributed by atoms with Gasteiger partial charge in [0.25, 0.3) is 6.04 Å². The first-order chi connectivity index (χ1) is 18.6. The van der Waals surface area contributed by atoms with E-state index < -0.39 is 16.9 Å². The van der Waals surface area contributed by atoms with Crippen LogP contribution >= 0.6 is 0 Å². The molecule has 6 heteroatoms. The minimum absolute atomic E-state index is 0.0389. The van der Waals surface area contributed by atoms with E-state index in [4.69, 9.17) is 16.0 Å². The number of allylic oxidation sites excluding steroid dienone is 2. The third-order valence-corrected chi connectivity index (χ3v) is 13.2. The molecule has 4 saturated carbocycles. The number of carbonyl (C=O) groups excluding carboxylic acids is 3. The molecule has 220 valence electrons. The number of methoxy groups -OCH3 is 2. The minimum Gasteiger partial charge on any atom is -0.469 e. The molecule has 0 N–H and O–H groups in total. The number of ketones is 2. The molecule has 0 aromatic rings. The van der Waals surface area contributed by atoms with Crippen molar-refractivity contribution in [2.24, 2.45) is 56.7 Å². The Morgan fingerprint density at radius 3 is 2.33 bits per heavy atom. The van der Waals surface area contributed by atoms with Crippen molar-refractivity contribution >= 4 is 17.5 Å². The summed E-state index contributed by atoms with van der Waals surface area (Å²) in [5.74, 6) is 0.221. The molecule has 0 radical (unpaired) electrons. The number of hydrogen-bond donors (Lipinski definition) is 0. The summed E-state index contributed by atoms with van der Waals surface area (Å²) in [6, 6.07) is -0.692. The second-order valence-corrected chi connectivity index (χ2v) is 15.6. The molecule has 2 unspecified atom stereocenters. The molecule has 0 spiro atoms. The third-order valence-electron chi connectivity index (χ3n) is 13.2. The monoisotopic (exact) mass is 551 g/mol.